The van der Waals surface area contributed by atoms with Gasteiger partial charge in [0.15, 0.2) is 0 Å². The van der Waals surface area contributed by atoms with Crippen LogP contribution in [-0.2, 0) is 16.0 Å². The van der Waals surface area contributed by atoms with Crippen LogP contribution in [0.5, 0.6) is 0 Å². The predicted molar refractivity (Wildman–Crippen MR) is 103 cm³/mol. The van der Waals surface area contributed by atoms with E-state index in [1.807, 2.05) is 0 Å². The Balaban J connectivity index is 1.43. The van der Waals surface area contributed by atoms with E-state index in [1.54, 1.807) is 15.9 Å². The zero-order chi connectivity index (χ0) is 20.4. The van der Waals surface area contributed by atoms with E-state index in [-0.39, 0.29) is 34.5 Å². The van der Waals surface area contributed by atoms with Gasteiger partial charge in [-0.2, -0.15) is 0 Å². The van der Waals surface area contributed by atoms with Crippen molar-refractivity contribution in [2.24, 2.45) is 0 Å². The highest BCUT2D eigenvalue weighted by molar-refractivity contribution is 6.31. The van der Waals surface area contributed by atoms with Gasteiger partial charge in [0.05, 0.1) is 32.3 Å². The van der Waals surface area contributed by atoms with Gasteiger partial charge in [0.2, 0.25) is 5.91 Å². The fourth-order valence-electron chi connectivity index (χ4n) is 3.86. The van der Waals surface area contributed by atoms with Crippen molar-refractivity contribution >= 4 is 23.4 Å². The molecule has 2 aliphatic rings. The molecule has 0 N–H and O–H groups in total. The number of nitrogens with zero attached hydrogens (tertiary/aromatic N) is 4. The van der Waals surface area contributed by atoms with Crippen LogP contribution in [0.1, 0.15) is 22.5 Å². The lowest BCUT2D eigenvalue weighted by atomic mass is 10.00. The Bertz CT molecular complexity index is 909. The van der Waals surface area contributed by atoms with Crippen LogP contribution in [0.25, 0.3) is 0 Å². The first kappa shape index (κ1) is 19.7. The van der Waals surface area contributed by atoms with Crippen molar-refractivity contribution in [3.05, 3.63) is 58.9 Å². The number of halogens is 2. The molecule has 0 saturated carbocycles. The van der Waals surface area contributed by atoms with Crippen LogP contribution in [-0.4, -0.2) is 70.0 Å². The van der Waals surface area contributed by atoms with Gasteiger partial charge < -0.3 is 14.5 Å². The smallest absolute Gasteiger partial charge is 0.274 e. The molecule has 4 rings (SSSR count). The molecule has 0 bridgehead atoms. The number of carbonyl (C=O) groups excluding carboxylic acids is 2. The minimum atomic E-state index is -0.620. The van der Waals surface area contributed by atoms with E-state index in [4.69, 9.17) is 16.3 Å². The number of amides is 2. The van der Waals surface area contributed by atoms with Crippen LogP contribution < -0.4 is 0 Å². The molecule has 2 aromatic rings. The first-order chi connectivity index (χ1) is 14.0. The Labute approximate surface area is 172 Å². The number of morpholine rings is 1. The summed E-state index contributed by atoms with van der Waals surface area (Å²) in [6.07, 6.45) is 4.93. The summed E-state index contributed by atoms with van der Waals surface area (Å²) in [6.45, 7) is 2.01. The molecular formula is C20H20ClFN4O3. The van der Waals surface area contributed by atoms with Crippen molar-refractivity contribution in [3.8, 4) is 0 Å². The second-order valence-corrected chi connectivity index (χ2v) is 7.70. The number of hydrogen-bond acceptors (Lipinski definition) is 5. The molecule has 2 amide bonds. The van der Waals surface area contributed by atoms with E-state index in [0.717, 1.165) is 0 Å². The van der Waals surface area contributed by atoms with Crippen LogP contribution in [0, 0.1) is 5.82 Å². The summed E-state index contributed by atoms with van der Waals surface area (Å²) in [5.74, 6) is -0.908. The minimum absolute atomic E-state index is 0.107. The lowest BCUT2D eigenvalue weighted by Gasteiger charge is -2.40. The van der Waals surface area contributed by atoms with Crippen LogP contribution in [0.15, 0.2) is 36.8 Å². The molecule has 2 fully saturated rings. The summed E-state index contributed by atoms with van der Waals surface area (Å²) in [5.41, 5.74) is -0.141. The molecule has 1 aromatic carbocycles. The van der Waals surface area contributed by atoms with Gasteiger partial charge in [-0.3, -0.25) is 14.6 Å². The van der Waals surface area contributed by atoms with Crippen LogP contribution in [0.2, 0.25) is 5.02 Å². The highest BCUT2D eigenvalue weighted by Gasteiger charge is 2.45. The first-order valence-electron chi connectivity index (χ1n) is 9.37. The SMILES string of the molecule is O=C(Cc1c(F)cccc1Cl)N1CCOC2(CCN(C(=O)c3cnccn3)C2)C1. The standard InChI is InChI=1S/C20H20ClFN4O3/c21-15-2-1-3-16(22)14(15)10-18(27)25-8-9-29-20(12-25)4-7-26(13-20)19(28)17-11-23-5-6-24-17/h1-3,5-6,11H,4,7-10,12-13H2. The van der Waals surface area contributed by atoms with Crippen molar-refractivity contribution < 1.29 is 18.7 Å². The molecule has 7 nitrogen and oxygen atoms in total. The van der Waals surface area contributed by atoms with Gasteiger partial charge in [-0.05, 0) is 18.6 Å². The van der Waals surface area contributed by atoms with Gasteiger partial charge in [-0.15, -0.1) is 0 Å². The molecule has 1 aromatic heterocycles. The maximum atomic E-state index is 14.0. The predicted octanol–water partition coefficient (Wildman–Crippen LogP) is 1.96. The Morgan fingerprint density at radius 2 is 2.03 bits per heavy atom. The summed E-state index contributed by atoms with van der Waals surface area (Å²) >= 11 is 6.05. The van der Waals surface area contributed by atoms with Gasteiger partial charge in [-0.1, -0.05) is 17.7 Å². The molecule has 1 atom stereocenters. The number of hydrogen-bond donors (Lipinski definition) is 0. The quantitative estimate of drug-likeness (QED) is 0.761. The second-order valence-electron chi connectivity index (χ2n) is 7.29. The summed E-state index contributed by atoms with van der Waals surface area (Å²) in [4.78, 5) is 36.8. The molecule has 1 spiro atoms. The van der Waals surface area contributed by atoms with Crippen molar-refractivity contribution in [2.75, 3.05) is 32.8 Å². The number of rotatable bonds is 3. The van der Waals surface area contributed by atoms with Crippen molar-refractivity contribution in [1.82, 2.24) is 19.8 Å². The molecule has 0 aliphatic carbocycles. The fraction of sp³-hybridized carbons (Fsp3) is 0.400. The van der Waals surface area contributed by atoms with Gasteiger partial charge in [-0.25, -0.2) is 9.37 Å². The summed E-state index contributed by atoms with van der Waals surface area (Å²) in [5, 5.41) is 0.239. The Morgan fingerprint density at radius 1 is 1.21 bits per heavy atom. The molecule has 3 heterocycles. The van der Waals surface area contributed by atoms with Gasteiger partial charge in [0.25, 0.3) is 5.91 Å². The minimum Gasteiger partial charge on any atom is -0.369 e. The number of benzene rings is 1. The maximum absolute atomic E-state index is 14.0. The third-order valence-electron chi connectivity index (χ3n) is 5.38. The lowest BCUT2D eigenvalue weighted by molar-refractivity contribution is -0.147. The normalized spacial score (nSPS) is 21.6. The van der Waals surface area contributed by atoms with E-state index in [1.165, 1.54) is 30.7 Å². The lowest BCUT2D eigenvalue weighted by Crippen LogP contribution is -2.55. The van der Waals surface area contributed by atoms with E-state index in [0.29, 0.717) is 39.2 Å². The highest BCUT2D eigenvalue weighted by Crippen LogP contribution is 2.30. The molecule has 152 valence electrons. The first-order valence-corrected chi connectivity index (χ1v) is 9.75. The largest absolute Gasteiger partial charge is 0.369 e. The third kappa shape index (κ3) is 4.09. The molecule has 1 unspecified atom stereocenters. The number of ether oxygens (including phenoxy) is 1. The number of likely N-dealkylation sites (tertiary alicyclic amines) is 1. The fourth-order valence-corrected chi connectivity index (χ4v) is 4.09. The summed E-state index contributed by atoms with van der Waals surface area (Å²) in [6, 6.07) is 4.37. The Kier molecular flexibility index (Phi) is 5.47. The zero-order valence-electron chi connectivity index (χ0n) is 15.7. The highest BCUT2D eigenvalue weighted by atomic mass is 35.5. The third-order valence-corrected chi connectivity index (χ3v) is 5.73. The van der Waals surface area contributed by atoms with Gasteiger partial charge in [0, 0.05) is 36.1 Å². The molecule has 9 heteroatoms. The van der Waals surface area contributed by atoms with Crippen molar-refractivity contribution in [1.29, 1.82) is 0 Å². The van der Waals surface area contributed by atoms with Crippen LogP contribution >= 0.6 is 11.6 Å². The molecule has 2 saturated heterocycles. The van der Waals surface area contributed by atoms with E-state index in [9.17, 15) is 14.0 Å². The topological polar surface area (TPSA) is 75.6 Å². The second kappa shape index (κ2) is 8.04. The van der Waals surface area contributed by atoms with Crippen LogP contribution in [0.4, 0.5) is 4.39 Å². The van der Waals surface area contributed by atoms with E-state index >= 15 is 0 Å². The molecule has 0 radical (unpaired) electrons. The monoisotopic (exact) mass is 418 g/mol. The zero-order valence-corrected chi connectivity index (χ0v) is 16.4. The van der Waals surface area contributed by atoms with E-state index < -0.39 is 11.4 Å². The van der Waals surface area contributed by atoms with Gasteiger partial charge in [0.1, 0.15) is 17.1 Å². The molecule has 29 heavy (non-hydrogen) atoms. The van der Waals surface area contributed by atoms with E-state index in [2.05, 4.69) is 9.97 Å². The van der Waals surface area contributed by atoms with Crippen molar-refractivity contribution in [2.45, 2.75) is 18.4 Å². The molecular weight excluding hydrogens is 399 g/mol. The Hall–Kier alpha value is -2.58. The Morgan fingerprint density at radius 3 is 2.79 bits per heavy atom. The summed E-state index contributed by atoms with van der Waals surface area (Å²) in [7, 11) is 0. The van der Waals surface area contributed by atoms with Crippen molar-refractivity contribution in [3.63, 3.8) is 0 Å². The average molecular weight is 419 g/mol. The van der Waals surface area contributed by atoms with Crippen LogP contribution in [0.3, 0.4) is 0 Å². The summed E-state index contributed by atoms with van der Waals surface area (Å²) < 4.78 is 20.0. The average Bonchev–Trinajstić information content (AvgIpc) is 3.14. The maximum Gasteiger partial charge on any atom is 0.274 e. The number of carbonyl (C=O) groups is 2. The number of aromatic nitrogens is 2. The molecule has 2 aliphatic heterocycles. The van der Waals surface area contributed by atoms with Gasteiger partial charge >= 0.3 is 0 Å².